The number of carbonyl (C=O) groups excluding carboxylic acids is 2. The van der Waals surface area contributed by atoms with Gasteiger partial charge in [-0.3, -0.25) is 9.59 Å². The minimum atomic E-state index is -0.160. The maximum absolute atomic E-state index is 12.7. The number of anilines is 1. The molecule has 0 bridgehead atoms. The van der Waals surface area contributed by atoms with Gasteiger partial charge in [0.1, 0.15) is 12.4 Å². The van der Waals surface area contributed by atoms with Crippen molar-refractivity contribution in [2.45, 2.75) is 12.3 Å². The van der Waals surface area contributed by atoms with Crippen molar-refractivity contribution in [3.8, 4) is 0 Å². The number of hydrogen-bond donors (Lipinski definition) is 1. The molecule has 0 radical (unpaired) electrons. The summed E-state index contributed by atoms with van der Waals surface area (Å²) in [6.45, 7) is 0.171. The number of nitrogens with one attached hydrogen (secondary N) is 1. The lowest BCUT2D eigenvalue weighted by Gasteiger charge is -2.10. The number of ketones is 1. The predicted octanol–water partition coefficient (Wildman–Crippen LogP) is 3.50. The Morgan fingerprint density at radius 1 is 1.10 bits per heavy atom. The van der Waals surface area contributed by atoms with Crippen molar-refractivity contribution in [3.05, 3.63) is 78.1 Å². The van der Waals surface area contributed by atoms with Gasteiger partial charge in [-0.15, -0.1) is 0 Å². The van der Waals surface area contributed by atoms with Gasteiger partial charge in [0.05, 0.1) is 16.8 Å². The quantitative estimate of drug-likeness (QED) is 0.464. The standard InChI is InChI=1S/C22H21N5O2S/c1-26-12-11-23-22(26)21(29)15-7-9-16(10-8-15)24-20(28)13-27-18-6-4-3-5-17(18)25-19(27)14-30-2/h3-12H,13-14H2,1-2H3,(H,24,28). The number of para-hydroxylation sites is 2. The molecule has 2 aromatic carbocycles. The molecular weight excluding hydrogens is 398 g/mol. The molecule has 1 amide bonds. The van der Waals surface area contributed by atoms with E-state index >= 15 is 0 Å². The van der Waals surface area contributed by atoms with Gasteiger partial charge in [0, 0.05) is 30.7 Å². The number of carbonyl (C=O) groups is 2. The Hall–Kier alpha value is -3.39. The summed E-state index contributed by atoms with van der Waals surface area (Å²) >= 11 is 1.67. The number of fused-ring (bicyclic) bond motifs is 1. The van der Waals surface area contributed by atoms with E-state index in [2.05, 4.69) is 15.3 Å². The summed E-state index contributed by atoms with van der Waals surface area (Å²) in [7, 11) is 1.78. The van der Waals surface area contributed by atoms with E-state index in [9.17, 15) is 9.59 Å². The molecule has 0 spiro atoms. The van der Waals surface area contributed by atoms with Crippen molar-refractivity contribution in [2.24, 2.45) is 7.05 Å². The molecule has 0 aliphatic heterocycles. The molecule has 0 aliphatic rings. The summed E-state index contributed by atoms with van der Waals surface area (Å²) < 4.78 is 3.62. The van der Waals surface area contributed by atoms with Crippen molar-refractivity contribution in [3.63, 3.8) is 0 Å². The normalized spacial score (nSPS) is 11.0. The number of benzene rings is 2. The first-order valence-electron chi connectivity index (χ1n) is 9.42. The number of aryl methyl sites for hydroxylation is 1. The third-order valence-electron chi connectivity index (χ3n) is 4.76. The van der Waals surface area contributed by atoms with E-state index in [1.807, 2.05) is 35.1 Å². The third-order valence-corrected chi connectivity index (χ3v) is 5.31. The van der Waals surface area contributed by atoms with Gasteiger partial charge in [0.25, 0.3) is 0 Å². The first-order valence-corrected chi connectivity index (χ1v) is 10.8. The fraction of sp³-hybridized carbons (Fsp3) is 0.182. The second kappa shape index (κ2) is 8.54. The lowest BCUT2D eigenvalue weighted by Crippen LogP contribution is -2.20. The van der Waals surface area contributed by atoms with E-state index < -0.39 is 0 Å². The van der Waals surface area contributed by atoms with Crippen LogP contribution >= 0.6 is 11.8 Å². The summed E-state index contributed by atoms with van der Waals surface area (Å²) in [6, 6.07) is 14.6. The Labute approximate surface area is 178 Å². The Bertz CT molecular complexity index is 1210. The van der Waals surface area contributed by atoms with Crippen LogP contribution in [0, 0.1) is 0 Å². The van der Waals surface area contributed by atoms with E-state index in [1.165, 1.54) is 0 Å². The molecule has 0 atom stereocenters. The maximum atomic E-state index is 12.7. The van der Waals surface area contributed by atoms with Crippen molar-refractivity contribution in [2.75, 3.05) is 11.6 Å². The Kier molecular flexibility index (Phi) is 5.67. The fourth-order valence-electron chi connectivity index (χ4n) is 3.30. The third kappa shape index (κ3) is 3.99. The maximum Gasteiger partial charge on any atom is 0.244 e. The molecule has 152 valence electrons. The number of aromatic nitrogens is 4. The molecule has 0 fully saturated rings. The lowest BCUT2D eigenvalue weighted by atomic mass is 10.1. The van der Waals surface area contributed by atoms with Crippen LogP contribution in [0.25, 0.3) is 11.0 Å². The average molecular weight is 420 g/mol. The van der Waals surface area contributed by atoms with Crippen LogP contribution in [0.2, 0.25) is 0 Å². The number of thioether (sulfide) groups is 1. The second-order valence-electron chi connectivity index (χ2n) is 6.85. The molecule has 2 heterocycles. The SMILES string of the molecule is CSCc1nc2ccccc2n1CC(=O)Nc1ccc(C(=O)c2nccn2C)cc1. The molecule has 1 N–H and O–H groups in total. The molecule has 0 unspecified atom stereocenters. The summed E-state index contributed by atoms with van der Waals surface area (Å²) in [6.07, 6.45) is 5.33. The number of nitrogens with zero attached hydrogens (tertiary/aromatic N) is 4. The number of rotatable bonds is 7. The average Bonchev–Trinajstić information content (AvgIpc) is 3.32. The molecule has 30 heavy (non-hydrogen) atoms. The van der Waals surface area contributed by atoms with Gasteiger partial charge in [-0.2, -0.15) is 11.8 Å². The Balaban J connectivity index is 1.48. The summed E-state index contributed by atoms with van der Waals surface area (Å²) in [4.78, 5) is 33.9. The van der Waals surface area contributed by atoms with E-state index in [1.54, 1.807) is 60.0 Å². The summed E-state index contributed by atoms with van der Waals surface area (Å²) in [5.74, 6) is 1.66. The van der Waals surface area contributed by atoms with Crippen LogP contribution in [-0.2, 0) is 24.1 Å². The highest BCUT2D eigenvalue weighted by atomic mass is 32.2. The molecule has 0 saturated carbocycles. The molecule has 0 saturated heterocycles. The van der Waals surface area contributed by atoms with Crippen LogP contribution in [0.15, 0.2) is 60.9 Å². The number of amides is 1. The zero-order valence-electron chi connectivity index (χ0n) is 16.7. The summed E-state index contributed by atoms with van der Waals surface area (Å²) in [5, 5.41) is 2.90. The van der Waals surface area contributed by atoms with Crippen molar-refractivity contribution >= 4 is 40.2 Å². The zero-order valence-corrected chi connectivity index (χ0v) is 17.5. The van der Waals surface area contributed by atoms with Gasteiger partial charge < -0.3 is 14.5 Å². The number of imidazole rings is 2. The van der Waals surface area contributed by atoms with E-state index in [0.717, 1.165) is 22.6 Å². The minimum absolute atomic E-state index is 0.149. The van der Waals surface area contributed by atoms with Crippen LogP contribution in [0.4, 0.5) is 5.69 Å². The van der Waals surface area contributed by atoms with Crippen LogP contribution in [0.5, 0.6) is 0 Å². The van der Waals surface area contributed by atoms with Gasteiger partial charge in [-0.25, -0.2) is 9.97 Å². The molecule has 8 heteroatoms. The van der Waals surface area contributed by atoms with Gasteiger partial charge >= 0.3 is 0 Å². The summed E-state index contributed by atoms with van der Waals surface area (Å²) in [5.41, 5.74) is 2.97. The van der Waals surface area contributed by atoms with E-state index in [-0.39, 0.29) is 18.2 Å². The predicted molar refractivity (Wildman–Crippen MR) is 119 cm³/mol. The lowest BCUT2D eigenvalue weighted by molar-refractivity contribution is -0.116. The fourth-order valence-corrected chi connectivity index (χ4v) is 3.78. The molecule has 4 aromatic rings. The first-order chi connectivity index (χ1) is 14.6. The number of hydrogen-bond acceptors (Lipinski definition) is 5. The second-order valence-corrected chi connectivity index (χ2v) is 7.72. The van der Waals surface area contributed by atoms with Crippen LogP contribution < -0.4 is 5.32 Å². The smallest absolute Gasteiger partial charge is 0.244 e. The molecule has 4 rings (SSSR count). The Morgan fingerprint density at radius 2 is 1.87 bits per heavy atom. The first kappa shape index (κ1) is 19.9. The molecule has 0 aliphatic carbocycles. The van der Waals surface area contributed by atoms with E-state index in [0.29, 0.717) is 17.1 Å². The van der Waals surface area contributed by atoms with Crippen LogP contribution in [-0.4, -0.2) is 37.0 Å². The highest BCUT2D eigenvalue weighted by Crippen LogP contribution is 2.19. The zero-order chi connectivity index (χ0) is 21.1. The monoisotopic (exact) mass is 419 g/mol. The van der Waals surface area contributed by atoms with Gasteiger partial charge in [0.15, 0.2) is 5.82 Å². The molecule has 7 nitrogen and oxygen atoms in total. The highest BCUT2D eigenvalue weighted by molar-refractivity contribution is 7.97. The van der Waals surface area contributed by atoms with Gasteiger partial charge in [0.2, 0.25) is 11.7 Å². The minimum Gasteiger partial charge on any atom is -0.331 e. The van der Waals surface area contributed by atoms with Crippen molar-refractivity contribution in [1.82, 2.24) is 19.1 Å². The topological polar surface area (TPSA) is 81.8 Å². The molecular formula is C22H21N5O2S. The largest absolute Gasteiger partial charge is 0.331 e. The van der Waals surface area contributed by atoms with Gasteiger partial charge in [-0.1, -0.05) is 12.1 Å². The van der Waals surface area contributed by atoms with E-state index in [4.69, 9.17) is 0 Å². The van der Waals surface area contributed by atoms with Crippen molar-refractivity contribution < 1.29 is 9.59 Å². The highest BCUT2D eigenvalue weighted by Gasteiger charge is 2.15. The Morgan fingerprint density at radius 3 is 2.57 bits per heavy atom. The molecule has 2 aromatic heterocycles. The van der Waals surface area contributed by atoms with Crippen LogP contribution in [0.1, 0.15) is 22.0 Å². The van der Waals surface area contributed by atoms with Crippen LogP contribution in [0.3, 0.4) is 0 Å². The van der Waals surface area contributed by atoms with Crippen molar-refractivity contribution in [1.29, 1.82) is 0 Å². The van der Waals surface area contributed by atoms with Gasteiger partial charge in [-0.05, 0) is 42.7 Å².